The van der Waals surface area contributed by atoms with E-state index in [1.165, 1.54) is 0 Å². The number of halogens is 1. The van der Waals surface area contributed by atoms with Crippen molar-refractivity contribution in [1.82, 2.24) is 10.2 Å². The highest BCUT2D eigenvalue weighted by atomic mass is 19.1. The lowest BCUT2D eigenvalue weighted by atomic mass is 10.00. The first-order chi connectivity index (χ1) is 13.3. The smallest absolute Gasteiger partial charge is 0.408 e. The lowest BCUT2D eigenvalue weighted by Crippen LogP contribution is -2.60. The van der Waals surface area contributed by atoms with Gasteiger partial charge >= 0.3 is 12.1 Å². The predicted octanol–water partition coefficient (Wildman–Crippen LogP) is 1.74. The summed E-state index contributed by atoms with van der Waals surface area (Å²) in [6.45, 7) is 1.24. The van der Waals surface area contributed by atoms with Crippen LogP contribution in [0.4, 0.5) is 9.18 Å². The maximum absolute atomic E-state index is 14.8. The maximum Gasteiger partial charge on any atom is 0.408 e. The van der Waals surface area contributed by atoms with Crippen LogP contribution in [0.2, 0.25) is 0 Å². The maximum atomic E-state index is 14.8. The Morgan fingerprint density at radius 1 is 1.39 bits per heavy atom. The van der Waals surface area contributed by atoms with E-state index in [0.29, 0.717) is 16.7 Å². The van der Waals surface area contributed by atoms with Gasteiger partial charge in [0, 0.05) is 11.9 Å². The third kappa shape index (κ3) is 2.93. The molecule has 1 N–H and O–H groups in total. The Bertz CT molecular complexity index is 1040. The number of hydrogen-bond acceptors (Lipinski definition) is 6. The number of terminal acetylenes is 1. The molecule has 28 heavy (non-hydrogen) atoms. The zero-order valence-electron chi connectivity index (χ0n) is 15.4. The number of alkyl carbamates (subject to hydrolysis) is 1. The summed E-state index contributed by atoms with van der Waals surface area (Å²) in [5.41, 5.74) is -1.75. The number of nitrogens with zero attached hydrogens (tertiary/aromatic N) is 1. The Morgan fingerprint density at radius 2 is 2.11 bits per heavy atom. The molecular formula is C19H17FN2O6. The van der Waals surface area contributed by atoms with Crippen LogP contribution in [-0.4, -0.2) is 49.2 Å². The van der Waals surface area contributed by atoms with Crippen molar-refractivity contribution in [2.45, 2.75) is 19.0 Å². The average molecular weight is 388 g/mol. The zero-order valence-corrected chi connectivity index (χ0v) is 15.4. The molecule has 1 aromatic heterocycles. The van der Waals surface area contributed by atoms with Crippen LogP contribution in [0.25, 0.3) is 11.0 Å². The third-order valence-corrected chi connectivity index (χ3v) is 4.53. The molecule has 2 amide bonds. The van der Waals surface area contributed by atoms with Crippen molar-refractivity contribution < 1.29 is 32.7 Å². The number of furan rings is 1. The number of ether oxygens (including phenoxy) is 2. The first kappa shape index (κ1) is 19.2. The van der Waals surface area contributed by atoms with E-state index in [1.807, 2.05) is 0 Å². The van der Waals surface area contributed by atoms with Crippen LogP contribution >= 0.6 is 0 Å². The van der Waals surface area contributed by atoms with Gasteiger partial charge in [-0.15, -0.1) is 6.42 Å². The molecule has 1 aromatic carbocycles. The highest BCUT2D eigenvalue weighted by Gasteiger charge is 2.45. The van der Waals surface area contributed by atoms with Gasteiger partial charge in [-0.25, -0.2) is 14.0 Å². The molecule has 0 radical (unpaired) electrons. The second-order valence-corrected chi connectivity index (χ2v) is 6.32. The number of nitrogens with one attached hydrogen (secondary N) is 1. The highest BCUT2D eigenvalue weighted by Crippen LogP contribution is 2.33. The molecule has 0 fully saturated rings. The van der Waals surface area contributed by atoms with Crippen LogP contribution < -0.4 is 5.32 Å². The first-order valence-electron chi connectivity index (χ1n) is 8.19. The van der Waals surface area contributed by atoms with E-state index in [1.54, 1.807) is 19.1 Å². The van der Waals surface area contributed by atoms with Gasteiger partial charge < -0.3 is 18.8 Å². The van der Waals surface area contributed by atoms with Crippen molar-refractivity contribution in [3.05, 3.63) is 34.8 Å². The molecule has 0 spiro atoms. The Labute approximate surface area is 159 Å². The fourth-order valence-electron chi connectivity index (χ4n) is 3.23. The van der Waals surface area contributed by atoms with Crippen LogP contribution in [-0.2, 0) is 20.8 Å². The van der Waals surface area contributed by atoms with Gasteiger partial charge in [-0.2, -0.15) is 0 Å². The molecule has 3 rings (SSSR count). The Balaban J connectivity index is 1.98. The van der Waals surface area contributed by atoms with Gasteiger partial charge in [0.1, 0.15) is 5.76 Å². The standard InChI is InChI=1S/C19H17FN2O6/c1-5-19(17(24)26-3,21-18(25)27-4)9-22-8-12-7-11-6-10(2)28-15(11)14(20)13(12)16(22)23/h1,6-7H,8-9H2,2-4H3,(H,21,25). The van der Waals surface area contributed by atoms with Gasteiger partial charge in [0.15, 0.2) is 11.4 Å². The first-order valence-corrected chi connectivity index (χ1v) is 8.19. The van der Waals surface area contributed by atoms with Crippen molar-refractivity contribution in [2.24, 2.45) is 0 Å². The van der Waals surface area contributed by atoms with Crippen LogP contribution in [0.1, 0.15) is 21.7 Å². The summed E-state index contributed by atoms with van der Waals surface area (Å²) in [6.07, 6.45) is 4.50. The molecular weight excluding hydrogens is 371 g/mol. The van der Waals surface area contributed by atoms with Crippen LogP contribution in [0.3, 0.4) is 0 Å². The summed E-state index contributed by atoms with van der Waals surface area (Å²) >= 11 is 0. The molecule has 1 aliphatic rings. The van der Waals surface area contributed by atoms with Gasteiger partial charge in [0.2, 0.25) is 5.54 Å². The number of carbonyl (C=O) groups is 3. The summed E-state index contributed by atoms with van der Waals surface area (Å²) in [5, 5.41) is 2.75. The molecule has 0 bridgehead atoms. The molecule has 9 heteroatoms. The summed E-state index contributed by atoms with van der Waals surface area (Å²) in [5.74, 6) is 0.253. The van der Waals surface area contributed by atoms with Gasteiger partial charge in [-0.3, -0.25) is 10.1 Å². The van der Waals surface area contributed by atoms with E-state index < -0.39 is 35.9 Å². The Hall–Kier alpha value is -3.54. The summed E-state index contributed by atoms with van der Waals surface area (Å²) in [4.78, 5) is 37.9. The number of hydrogen-bond donors (Lipinski definition) is 1. The van der Waals surface area contributed by atoms with Crippen molar-refractivity contribution in [3.63, 3.8) is 0 Å². The zero-order chi connectivity index (χ0) is 20.6. The fourth-order valence-corrected chi connectivity index (χ4v) is 3.23. The second kappa shape index (κ2) is 6.88. The van der Waals surface area contributed by atoms with Crippen LogP contribution in [0.15, 0.2) is 16.5 Å². The Kier molecular flexibility index (Phi) is 4.73. The minimum Gasteiger partial charge on any atom is -0.466 e. The number of benzene rings is 1. The molecule has 8 nitrogen and oxygen atoms in total. The van der Waals surface area contributed by atoms with Crippen LogP contribution in [0, 0.1) is 25.1 Å². The van der Waals surface area contributed by atoms with Crippen molar-refractivity contribution in [3.8, 4) is 12.3 Å². The number of rotatable bonds is 4. The van der Waals surface area contributed by atoms with E-state index in [-0.39, 0.29) is 17.7 Å². The number of aryl methyl sites for hydroxylation is 1. The normalized spacial score (nSPS) is 15.0. The van der Waals surface area contributed by atoms with Crippen molar-refractivity contribution in [1.29, 1.82) is 0 Å². The van der Waals surface area contributed by atoms with Crippen LogP contribution in [0.5, 0.6) is 0 Å². The highest BCUT2D eigenvalue weighted by molar-refractivity contribution is 6.03. The molecule has 2 aromatic rings. The average Bonchev–Trinajstić information content (AvgIpc) is 3.20. The Morgan fingerprint density at radius 3 is 2.71 bits per heavy atom. The SMILES string of the molecule is C#CC(CN1Cc2cc3cc(C)oc3c(F)c2C1=O)(NC(=O)OC)C(=O)OC. The number of amides is 2. The quantitative estimate of drug-likeness (QED) is 0.633. The van der Waals surface area contributed by atoms with E-state index in [0.717, 1.165) is 19.1 Å². The molecule has 1 aliphatic heterocycles. The number of fused-ring (bicyclic) bond motifs is 2. The molecule has 0 saturated heterocycles. The minimum absolute atomic E-state index is 0.00543. The number of carbonyl (C=O) groups excluding carboxylic acids is 3. The van der Waals surface area contributed by atoms with E-state index >= 15 is 0 Å². The summed E-state index contributed by atoms with van der Waals surface area (Å²) in [6, 6.07) is 3.30. The van der Waals surface area contributed by atoms with Crippen molar-refractivity contribution >= 4 is 28.9 Å². The molecule has 0 aliphatic carbocycles. The largest absolute Gasteiger partial charge is 0.466 e. The van der Waals surface area contributed by atoms with Crippen molar-refractivity contribution in [2.75, 3.05) is 20.8 Å². The topological polar surface area (TPSA) is 98.1 Å². The summed E-state index contributed by atoms with van der Waals surface area (Å²) < 4.78 is 29.4. The number of methoxy groups -OCH3 is 2. The lowest BCUT2D eigenvalue weighted by Gasteiger charge is -2.30. The molecule has 146 valence electrons. The van der Waals surface area contributed by atoms with Gasteiger partial charge in [0.25, 0.3) is 5.91 Å². The van der Waals surface area contributed by atoms with E-state index in [2.05, 4.69) is 20.7 Å². The fraction of sp³-hybridized carbons (Fsp3) is 0.316. The summed E-state index contributed by atoms with van der Waals surface area (Å²) in [7, 11) is 2.18. The predicted molar refractivity (Wildman–Crippen MR) is 94.8 cm³/mol. The third-order valence-electron chi connectivity index (χ3n) is 4.53. The van der Waals surface area contributed by atoms with Gasteiger partial charge in [-0.1, -0.05) is 5.92 Å². The number of esters is 1. The molecule has 1 unspecified atom stereocenters. The molecule has 2 heterocycles. The minimum atomic E-state index is -1.99. The second-order valence-electron chi connectivity index (χ2n) is 6.32. The molecule has 1 atom stereocenters. The lowest BCUT2D eigenvalue weighted by molar-refractivity contribution is -0.146. The van der Waals surface area contributed by atoms with E-state index in [9.17, 15) is 18.8 Å². The monoisotopic (exact) mass is 388 g/mol. The van der Waals surface area contributed by atoms with E-state index in [4.69, 9.17) is 10.8 Å². The molecule has 0 saturated carbocycles. The van der Waals surface area contributed by atoms with Gasteiger partial charge in [-0.05, 0) is 24.6 Å². The van der Waals surface area contributed by atoms with Gasteiger partial charge in [0.05, 0.1) is 26.3 Å².